The smallest absolute Gasteiger partial charge is 0.357 e. The van der Waals surface area contributed by atoms with Crippen molar-refractivity contribution >= 4 is 28.6 Å². The van der Waals surface area contributed by atoms with Crippen LogP contribution >= 0.6 is 0 Å². The van der Waals surface area contributed by atoms with Crippen LogP contribution in [0.15, 0.2) is 36.4 Å². The van der Waals surface area contributed by atoms with Gasteiger partial charge in [0, 0.05) is 33.1 Å². The first-order valence-electron chi connectivity index (χ1n) is 10.1. The lowest BCUT2D eigenvalue weighted by Gasteiger charge is -2.36. The lowest BCUT2D eigenvalue weighted by molar-refractivity contribution is -0.129. The monoisotopic (exact) mass is 407 g/mol. The van der Waals surface area contributed by atoms with Gasteiger partial charge in [-0.05, 0) is 32.0 Å². The number of esters is 1. The van der Waals surface area contributed by atoms with Crippen LogP contribution in [0.4, 0.5) is 5.69 Å². The van der Waals surface area contributed by atoms with Gasteiger partial charge in [0.25, 0.3) is 0 Å². The number of hydrogen-bond donors (Lipinski definition) is 0. The van der Waals surface area contributed by atoms with Crippen molar-refractivity contribution in [2.24, 2.45) is 0 Å². The summed E-state index contributed by atoms with van der Waals surface area (Å²) >= 11 is 0. The van der Waals surface area contributed by atoms with Gasteiger partial charge in [0.2, 0.25) is 5.91 Å². The highest BCUT2D eigenvalue weighted by molar-refractivity contribution is 5.98. The number of anilines is 1. The fraction of sp³-hybridized carbons (Fsp3) is 0.364. The average molecular weight is 407 g/mol. The van der Waals surface area contributed by atoms with Crippen LogP contribution in [0.25, 0.3) is 16.7 Å². The van der Waals surface area contributed by atoms with Gasteiger partial charge in [-0.2, -0.15) is 5.10 Å². The molecule has 8 heteroatoms. The zero-order valence-corrected chi connectivity index (χ0v) is 17.5. The number of piperazine rings is 1. The van der Waals surface area contributed by atoms with E-state index < -0.39 is 5.97 Å². The first-order valence-corrected chi connectivity index (χ1v) is 10.1. The Morgan fingerprint density at radius 2 is 1.80 bits per heavy atom. The molecule has 1 fully saturated rings. The van der Waals surface area contributed by atoms with Crippen molar-refractivity contribution in [3.8, 4) is 5.69 Å². The molecule has 0 N–H and O–H groups in total. The first-order chi connectivity index (χ1) is 14.5. The molecule has 0 spiro atoms. The van der Waals surface area contributed by atoms with E-state index in [1.165, 1.54) is 0 Å². The van der Waals surface area contributed by atoms with Crippen LogP contribution in [0.3, 0.4) is 0 Å². The number of aryl methyl sites for hydroxylation is 1. The molecule has 1 saturated heterocycles. The normalized spacial score (nSPS) is 14.2. The molecule has 0 radical (unpaired) electrons. The Hall–Kier alpha value is -3.42. The summed E-state index contributed by atoms with van der Waals surface area (Å²) in [5.41, 5.74) is 3.47. The number of fused-ring (bicyclic) bond motifs is 1. The van der Waals surface area contributed by atoms with Crippen LogP contribution < -0.4 is 4.90 Å². The zero-order valence-electron chi connectivity index (χ0n) is 17.5. The second kappa shape index (κ2) is 8.14. The van der Waals surface area contributed by atoms with Crippen LogP contribution in [0.2, 0.25) is 0 Å². The number of amides is 1. The minimum absolute atomic E-state index is 0.0785. The van der Waals surface area contributed by atoms with Crippen LogP contribution in [0.1, 0.15) is 30.0 Å². The quantitative estimate of drug-likeness (QED) is 0.619. The van der Waals surface area contributed by atoms with E-state index in [-0.39, 0.29) is 18.2 Å². The molecule has 156 valence electrons. The van der Waals surface area contributed by atoms with E-state index in [2.05, 4.69) is 9.88 Å². The van der Waals surface area contributed by atoms with Crippen LogP contribution in [0.5, 0.6) is 0 Å². The number of para-hydroxylation sites is 1. The van der Waals surface area contributed by atoms with Crippen LogP contribution in [-0.4, -0.2) is 64.3 Å². The Morgan fingerprint density at radius 1 is 1.10 bits per heavy atom. The highest BCUT2D eigenvalue weighted by Crippen LogP contribution is 2.32. The molecule has 0 bridgehead atoms. The largest absolute Gasteiger partial charge is 0.461 e. The maximum absolute atomic E-state index is 12.5. The number of carbonyl (C=O) groups excluding carboxylic acids is 2. The molecule has 3 heterocycles. The van der Waals surface area contributed by atoms with Gasteiger partial charge in [-0.1, -0.05) is 18.2 Å². The Balaban J connectivity index is 1.85. The molecule has 1 aliphatic heterocycles. The van der Waals surface area contributed by atoms with Gasteiger partial charge in [0.15, 0.2) is 11.3 Å². The second-order valence-electron chi connectivity index (χ2n) is 7.27. The van der Waals surface area contributed by atoms with E-state index in [4.69, 9.17) is 9.84 Å². The number of pyridine rings is 1. The Kier molecular flexibility index (Phi) is 5.39. The second-order valence-corrected chi connectivity index (χ2v) is 7.27. The number of aromatic nitrogens is 3. The SMILES string of the molecule is CCOC(=O)c1cc(N2CCN(C(C)=O)CC2)c2c(C)nn(-c3ccccc3)c2n1. The number of carbonyl (C=O) groups is 2. The Labute approximate surface area is 175 Å². The predicted molar refractivity (Wildman–Crippen MR) is 114 cm³/mol. The highest BCUT2D eigenvalue weighted by atomic mass is 16.5. The molecule has 8 nitrogen and oxygen atoms in total. The van der Waals surface area contributed by atoms with Gasteiger partial charge in [-0.25, -0.2) is 14.5 Å². The molecule has 0 saturated carbocycles. The van der Waals surface area contributed by atoms with Crippen molar-refractivity contribution in [1.82, 2.24) is 19.7 Å². The van der Waals surface area contributed by atoms with E-state index in [0.29, 0.717) is 31.8 Å². The van der Waals surface area contributed by atoms with Gasteiger partial charge in [-0.3, -0.25) is 4.79 Å². The molecular formula is C22H25N5O3. The fourth-order valence-electron chi connectivity index (χ4n) is 3.84. The van der Waals surface area contributed by atoms with Gasteiger partial charge in [0.05, 0.1) is 29.1 Å². The molecule has 0 aliphatic carbocycles. The minimum Gasteiger partial charge on any atom is -0.461 e. The number of rotatable bonds is 4. The molecule has 2 aromatic heterocycles. The zero-order chi connectivity index (χ0) is 21.3. The first kappa shape index (κ1) is 19.9. The van der Waals surface area contributed by atoms with Gasteiger partial charge in [0.1, 0.15) is 0 Å². The number of hydrogen-bond acceptors (Lipinski definition) is 6. The third-order valence-electron chi connectivity index (χ3n) is 5.34. The average Bonchev–Trinajstić information content (AvgIpc) is 3.10. The van der Waals surface area contributed by atoms with Crippen molar-refractivity contribution in [3.63, 3.8) is 0 Å². The maximum Gasteiger partial charge on any atom is 0.357 e. The van der Waals surface area contributed by atoms with E-state index in [1.807, 2.05) is 42.2 Å². The van der Waals surface area contributed by atoms with E-state index in [1.54, 1.807) is 24.6 Å². The molecule has 1 aromatic carbocycles. The van der Waals surface area contributed by atoms with Crippen LogP contribution in [0, 0.1) is 6.92 Å². The summed E-state index contributed by atoms with van der Waals surface area (Å²) in [4.78, 5) is 32.9. The Morgan fingerprint density at radius 3 is 2.43 bits per heavy atom. The lowest BCUT2D eigenvalue weighted by Crippen LogP contribution is -2.48. The van der Waals surface area contributed by atoms with Crippen molar-refractivity contribution in [1.29, 1.82) is 0 Å². The summed E-state index contributed by atoms with van der Waals surface area (Å²) in [7, 11) is 0. The van der Waals surface area contributed by atoms with Gasteiger partial charge >= 0.3 is 5.97 Å². The standard InChI is InChI=1S/C22H25N5O3/c1-4-30-22(29)18-14-19(26-12-10-25(11-13-26)16(3)28)20-15(2)24-27(21(20)23-18)17-8-6-5-7-9-17/h5-9,14H,4,10-13H2,1-3H3. The van der Waals surface area contributed by atoms with Crippen LogP contribution in [-0.2, 0) is 9.53 Å². The topological polar surface area (TPSA) is 80.6 Å². The predicted octanol–water partition coefficient (Wildman–Crippen LogP) is 2.57. The third-order valence-corrected chi connectivity index (χ3v) is 5.34. The summed E-state index contributed by atoms with van der Waals surface area (Å²) in [6.07, 6.45) is 0. The molecule has 1 aliphatic rings. The molecule has 3 aromatic rings. The van der Waals surface area contributed by atoms with E-state index in [9.17, 15) is 9.59 Å². The van der Waals surface area contributed by atoms with E-state index >= 15 is 0 Å². The number of ether oxygens (including phenoxy) is 1. The highest BCUT2D eigenvalue weighted by Gasteiger charge is 2.25. The van der Waals surface area contributed by atoms with Crippen molar-refractivity contribution < 1.29 is 14.3 Å². The molecular weight excluding hydrogens is 382 g/mol. The van der Waals surface area contributed by atoms with Gasteiger partial charge < -0.3 is 14.5 Å². The lowest BCUT2D eigenvalue weighted by atomic mass is 10.1. The molecule has 0 atom stereocenters. The molecule has 30 heavy (non-hydrogen) atoms. The van der Waals surface area contributed by atoms with Crippen molar-refractivity contribution in [3.05, 3.63) is 47.8 Å². The summed E-state index contributed by atoms with van der Waals surface area (Å²) < 4.78 is 6.98. The summed E-state index contributed by atoms with van der Waals surface area (Å²) in [6.45, 7) is 8.22. The summed E-state index contributed by atoms with van der Waals surface area (Å²) in [6, 6.07) is 11.5. The number of nitrogens with zero attached hydrogens (tertiary/aromatic N) is 5. The number of benzene rings is 1. The third kappa shape index (κ3) is 3.60. The van der Waals surface area contributed by atoms with Gasteiger partial charge in [-0.15, -0.1) is 0 Å². The van der Waals surface area contributed by atoms with E-state index in [0.717, 1.165) is 22.5 Å². The summed E-state index contributed by atoms with van der Waals surface area (Å²) in [5.74, 6) is -0.378. The maximum atomic E-state index is 12.5. The Bertz CT molecular complexity index is 1090. The molecule has 1 amide bonds. The minimum atomic E-state index is -0.457. The summed E-state index contributed by atoms with van der Waals surface area (Å²) in [5, 5.41) is 5.62. The molecule has 4 rings (SSSR count). The fourth-order valence-corrected chi connectivity index (χ4v) is 3.84. The van der Waals surface area contributed by atoms with Crippen molar-refractivity contribution in [2.75, 3.05) is 37.7 Å². The molecule has 0 unspecified atom stereocenters. The van der Waals surface area contributed by atoms with Crippen molar-refractivity contribution in [2.45, 2.75) is 20.8 Å².